The average molecular weight is 310 g/mol. The molecule has 8 heteroatoms. The van der Waals surface area contributed by atoms with Gasteiger partial charge < -0.3 is 9.47 Å². The van der Waals surface area contributed by atoms with E-state index in [9.17, 15) is 18.0 Å². The third kappa shape index (κ3) is 2.68. The average Bonchev–Trinajstić information content (AvgIpc) is 2.83. The third-order valence-electron chi connectivity index (χ3n) is 3.47. The minimum Gasteiger partial charge on any atom is -0.330 e. The molecule has 0 spiro atoms. The van der Waals surface area contributed by atoms with Crippen molar-refractivity contribution in [1.82, 2.24) is 19.4 Å². The van der Waals surface area contributed by atoms with Gasteiger partial charge in [-0.05, 0) is 24.6 Å². The number of aryl methyl sites for hydroxylation is 1. The molecular formula is C14H13F3N4O. The Morgan fingerprint density at radius 2 is 2.09 bits per heavy atom. The van der Waals surface area contributed by atoms with E-state index in [1.807, 2.05) is 0 Å². The van der Waals surface area contributed by atoms with Gasteiger partial charge in [0.15, 0.2) is 5.82 Å². The van der Waals surface area contributed by atoms with Crippen LogP contribution in [0.2, 0.25) is 0 Å². The molecule has 1 amide bonds. The Balaban J connectivity index is 1.81. The first-order chi connectivity index (χ1) is 10.3. The van der Waals surface area contributed by atoms with E-state index in [-0.39, 0.29) is 12.5 Å². The molecule has 1 aliphatic rings. The largest absolute Gasteiger partial charge is 0.433 e. The number of alkyl halides is 3. The van der Waals surface area contributed by atoms with Gasteiger partial charge in [0, 0.05) is 32.0 Å². The van der Waals surface area contributed by atoms with Crippen LogP contribution < -0.4 is 0 Å². The summed E-state index contributed by atoms with van der Waals surface area (Å²) in [6, 6.07) is 2.45. The number of fused-ring (bicyclic) bond motifs is 1. The molecule has 0 saturated carbocycles. The maximum atomic E-state index is 12.7. The zero-order valence-corrected chi connectivity index (χ0v) is 11.8. The van der Waals surface area contributed by atoms with Crippen molar-refractivity contribution in [2.45, 2.75) is 26.2 Å². The fourth-order valence-electron chi connectivity index (χ4n) is 2.46. The molecule has 0 unspecified atom stereocenters. The van der Waals surface area contributed by atoms with Crippen LogP contribution in [0.15, 0.2) is 24.5 Å². The van der Waals surface area contributed by atoms with Crippen LogP contribution in [0.4, 0.5) is 13.2 Å². The molecule has 3 heterocycles. The molecule has 2 aromatic rings. The lowest BCUT2D eigenvalue weighted by Crippen LogP contribution is -2.39. The third-order valence-corrected chi connectivity index (χ3v) is 3.47. The first-order valence-corrected chi connectivity index (χ1v) is 6.70. The smallest absolute Gasteiger partial charge is 0.330 e. The van der Waals surface area contributed by atoms with E-state index in [1.54, 1.807) is 17.7 Å². The fraction of sp³-hybridized carbons (Fsp3) is 0.357. The van der Waals surface area contributed by atoms with E-state index < -0.39 is 11.9 Å². The number of carbonyl (C=O) groups is 1. The van der Waals surface area contributed by atoms with Crippen molar-refractivity contribution in [3.63, 3.8) is 0 Å². The van der Waals surface area contributed by atoms with Gasteiger partial charge in [-0.3, -0.25) is 9.78 Å². The quantitative estimate of drug-likeness (QED) is 0.855. The molecule has 0 fully saturated rings. The molecule has 0 radical (unpaired) electrons. The summed E-state index contributed by atoms with van der Waals surface area (Å²) >= 11 is 0. The van der Waals surface area contributed by atoms with Crippen molar-refractivity contribution in [2.24, 2.45) is 0 Å². The molecule has 5 nitrogen and oxygen atoms in total. The minimum absolute atomic E-state index is 0.107. The summed E-state index contributed by atoms with van der Waals surface area (Å²) in [7, 11) is 0. The predicted molar refractivity (Wildman–Crippen MR) is 70.9 cm³/mol. The van der Waals surface area contributed by atoms with Gasteiger partial charge in [-0.1, -0.05) is 0 Å². The number of halogens is 3. The lowest BCUT2D eigenvalue weighted by Gasteiger charge is -2.27. The Bertz CT molecular complexity index is 723. The number of imidazole rings is 1. The van der Waals surface area contributed by atoms with Crippen molar-refractivity contribution in [2.75, 3.05) is 6.54 Å². The molecular weight excluding hydrogens is 297 g/mol. The minimum atomic E-state index is -4.49. The summed E-state index contributed by atoms with van der Waals surface area (Å²) in [6.45, 7) is 2.92. The van der Waals surface area contributed by atoms with Gasteiger partial charge in [-0.25, -0.2) is 4.98 Å². The van der Waals surface area contributed by atoms with Crippen LogP contribution in [0.25, 0.3) is 0 Å². The standard InChI is InChI=1S/C14H13F3N4O/c1-9-7-20-4-5-21(13(22)12(20)19-9)8-10-2-3-18-11(6-10)14(15,16)17/h2-3,6-7H,4-5,8H2,1H3. The van der Waals surface area contributed by atoms with E-state index in [4.69, 9.17) is 0 Å². The van der Waals surface area contributed by atoms with Gasteiger partial charge in [-0.2, -0.15) is 13.2 Å². The van der Waals surface area contributed by atoms with E-state index in [1.165, 1.54) is 11.0 Å². The van der Waals surface area contributed by atoms with Crippen molar-refractivity contribution >= 4 is 5.91 Å². The Kier molecular flexibility index (Phi) is 3.38. The van der Waals surface area contributed by atoms with Crippen molar-refractivity contribution in [3.05, 3.63) is 47.3 Å². The van der Waals surface area contributed by atoms with Crippen LogP contribution in [0, 0.1) is 6.92 Å². The van der Waals surface area contributed by atoms with Gasteiger partial charge in [0.1, 0.15) is 5.69 Å². The maximum Gasteiger partial charge on any atom is 0.433 e. The van der Waals surface area contributed by atoms with Crippen LogP contribution in [0.5, 0.6) is 0 Å². The van der Waals surface area contributed by atoms with Gasteiger partial charge in [-0.15, -0.1) is 0 Å². The number of rotatable bonds is 2. The first-order valence-electron chi connectivity index (χ1n) is 6.70. The number of carbonyl (C=O) groups excluding carboxylic acids is 1. The highest BCUT2D eigenvalue weighted by Gasteiger charge is 2.33. The molecule has 2 aromatic heterocycles. The second-order valence-electron chi connectivity index (χ2n) is 5.17. The number of amides is 1. The molecule has 0 bridgehead atoms. The molecule has 1 aliphatic heterocycles. The van der Waals surface area contributed by atoms with Crippen molar-refractivity contribution < 1.29 is 18.0 Å². The highest BCUT2D eigenvalue weighted by atomic mass is 19.4. The predicted octanol–water partition coefficient (Wildman–Crippen LogP) is 2.26. The summed E-state index contributed by atoms with van der Waals surface area (Å²) < 4.78 is 39.8. The Morgan fingerprint density at radius 1 is 1.32 bits per heavy atom. The van der Waals surface area contributed by atoms with Gasteiger partial charge in [0.25, 0.3) is 5.91 Å². The van der Waals surface area contributed by atoms with Crippen LogP contribution in [-0.4, -0.2) is 31.9 Å². The lowest BCUT2D eigenvalue weighted by atomic mass is 10.2. The first kappa shape index (κ1) is 14.6. The summed E-state index contributed by atoms with van der Waals surface area (Å²) in [6.07, 6.45) is -1.59. The van der Waals surface area contributed by atoms with Crippen LogP contribution in [-0.2, 0) is 19.3 Å². The number of aromatic nitrogens is 3. The number of nitrogens with zero attached hydrogens (tertiary/aromatic N) is 4. The zero-order chi connectivity index (χ0) is 15.9. The maximum absolute atomic E-state index is 12.7. The highest BCUT2D eigenvalue weighted by Crippen LogP contribution is 2.28. The van der Waals surface area contributed by atoms with Gasteiger partial charge in [0.2, 0.25) is 0 Å². The summed E-state index contributed by atoms with van der Waals surface area (Å²) in [5.41, 5.74) is 0.188. The van der Waals surface area contributed by atoms with Crippen molar-refractivity contribution in [1.29, 1.82) is 0 Å². The molecule has 0 atom stereocenters. The van der Waals surface area contributed by atoms with E-state index in [0.29, 0.717) is 24.5 Å². The Labute approximate surface area is 124 Å². The van der Waals surface area contributed by atoms with Gasteiger partial charge >= 0.3 is 6.18 Å². The van der Waals surface area contributed by atoms with E-state index >= 15 is 0 Å². The van der Waals surface area contributed by atoms with E-state index in [2.05, 4.69) is 9.97 Å². The topological polar surface area (TPSA) is 51.0 Å². The van der Waals surface area contributed by atoms with Crippen LogP contribution in [0.1, 0.15) is 27.6 Å². The monoisotopic (exact) mass is 310 g/mol. The Morgan fingerprint density at radius 3 is 2.82 bits per heavy atom. The number of pyridine rings is 1. The molecule has 0 aromatic carbocycles. The number of hydrogen-bond acceptors (Lipinski definition) is 3. The molecule has 0 N–H and O–H groups in total. The molecule has 116 valence electrons. The SMILES string of the molecule is Cc1cn2c(n1)C(=O)N(Cc1ccnc(C(F)(F)F)c1)CC2. The summed E-state index contributed by atoms with van der Waals surface area (Å²) in [4.78, 5) is 21.3. The highest BCUT2D eigenvalue weighted by molar-refractivity contribution is 5.91. The Hall–Kier alpha value is -2.38. The zero-order valence-electron chi connectivity index (χ0n) is 11.8. The van der Waals surface area contributed by atoms with E-state index in [0.717, 1.165) is 18.0 Å². The number of hydrogen-bond donors (Lipinski definition) is 0. The second kappa shape index (κ2) is 5.11. The lowest BCUT2D eigenvalue weighted by molar-refractivity contribution is -0.141. The normalized spacial score (nSPS) is 15.1. The molecule has 0 aliphatic carbocycles. The van der Waals surface area contributed by atoms with Crippen LogP contribution in [0.3, 0.4) is 0 Å². The molecule has 22 heavy (non-hydrogen) atoms. The van der Waals surface area contributed by atoms with Gasteiger partial charge in [0.05, 0.1) is 5.69 Å². The summed E-state index contributed by atoms with van der Waals surface area (Å²) in [5, 5.41) is 0. The van der Waals surface area contributed by atoms with Crippen LogP contribution >= 0.6 is 0 Å². The van der Waals surface area contributed by atoms with Crippen molar-refractivity contribution in [3.8, 4) is 0 Å². The molecule has 3 rings (SSSR count). The summed E-state index contributed by atoms with van der Waals surface area (Å²) in [5.74, 6) is 0.0542. The molecule has 0 saturated heterocycles. The fourth-order valence-corrected chi connectivity index (χ4v) is 2.46. The second-order valence-corrected chi connectivity index (χ2v) is 5.17.